The Morgan fingerprint density at radius 3 is 2.50 bits per heavy atom. The molecule has 1 spiro atoms. The molecule has 2 aromatic carbocycles. The van der Waals surface area contributed by atoms with Crippen LogP contribution in [0.4, 0.5) is 18.9 Å². The minimum absolute atomic E-state index is 0.0197. The van der Waals surface area contributed by atoms with Crippen molar-refractivity contribution in [3.05, 3.63) is 64.8 Å². The van der Waals surface area contributed by atoms with E-state index in [0.717, 1.165) is 22.2 Å². The zero-order valence-corrected chi connectivity index (χ0v) is 21.1. The predicted molar refractivity (Wildman–Crippen MR) is 133 cm³/mol. The summed E-state index contributed by atoms with van der Waals surface area (Å²) in [7, 11) is -3.13. The number of benzene rings is 2. The van der Waals surface area contributed by atoms with Gasteiger partial charge in [0.1, 0.15) is 15.3 Å². The van der Waals surface area contributed by atoms with Gasteiger partial charge in [0.2, 0.25) is 5.91 Å². The third-order valence-electron chi connectivity index (χ3n) is 6.92. The number of aromatic nitrogens is 1. The van der Waals surface area contributed by atoms with Crippen LogP contribution in [-0.2, 0) is 33.1 Å². The van der Waals surface area contributed by atoms with Gasteiger partial charge in [-0.3, -0.25) is 9.69 Å². The van der Waals surface area contributed by atoms with Crippen LogP contribution in [0, 0.1) is 0 Å². The van der Waals surface area contributed by atoms with Gasteiger partial charge in [-0.2, -0.15) is 13.2 Å². The molecule has 0 saturated carbocycles. The molecule has 0 aliphatic carbocycles. The maximum absolute atomic E-state index is 13.7. The van der Waals surface area contributed by atoms with Crippen LogP contribution in [0.25, 0.3) is 10.9 Å². The van der Waals surface area contributed by atoms with E-state index in [1.54, 1.807) is 17.0 Å². The van der Waals surface area contributed by atoms with Crippen molar-refractivity contribution in [3.63, 3.8) is 0 Å². The quantitative estimate of drug-likeness (QED) is 0.447. The Morgan fingerprint density at radius 2 is 1.81 bits per heavy atom. The largest absolute Gasteiger partial charge is 0.401 e. The maximum Gasteiger partial charge on any atom is 0.401 e. The summed E-state index contributed by atoms with van der Waals surface area (Å²) in [4.78, 5) is 16.6. The Balaban J connectivity index is 1.47. The van der Waals surface area contributed by atoms with Gasteiger partial charge in [-0.1, -0.05) is 29.8 Å². The number of para-hydroxylation sites is 1. The number of carbonyl (C=O) groups excluding carboxylic acids is 1. The smallest absolute Gasteiger partial charge is 0.343 e. The second-order valence-corrected chi connectivity index (χ2v) is 12.4. The minimum Gasteiger partial charge on any atom is -0.343 e. The third-order valence-corrected chi connectivity index (χ3v) is 8.19. The SMILES string of the molecule is CS(=O)(=O)CCCn1c(CN2C(=O)C3(CN(CC(F)(F)F)C3)c3ccccc32)cc2cc(Cl)ccc21. The summed E-state index contributed by atoms with van der Waals surface area (Å²) in [6, 6.07) is 14.6. The molecule has 2 aliphatic heterocycles. The molecule has 0 N–H and O–H groups in total. The van der Waals surface area contributed by atoms with Crippen LogP contribution < -0.4 is 4.90 Å². The van der Waals surface area contributed by atoms with Crippen LogP contribution in [-0.4, -0.2) is 61.6 Å². The van der Waals surface area contributed by atoms with Crippen LogP contribution in [0.2, 0.25) is 5.02 Å². The van der Waals surface area contributed by atoms with Gasteiger partial charge in [0.25, 0.3) is 0 Å². The number of anilines is 1. The van der Waals surface area contributed by atoms with Gasteiger partial charge in [0.05, 0.1) is 18.8 Å². The van der Waals surface area contributed by atoms with Crippen molar-refractivity contribution in [2.75, 3.05) is 36.5 Å². The second-order valence-electron chi connectivity index (χ2n) is 9.72. The molecule has 11 heteroatoms. The van der Waals surface area contributed by atoms with E-state index in [2.05, 4.69) is 0 Å². The summed E-state index contributed by atoms with van der Waals surface area (Å²) < 4.78 is 64.1. The van der Waals surface area contributed by atoms with Crippen molar-refractivity contribution < 1.29 is 26.4 Å². The van der Waals surface area contributed by atoms with Gasteiger partial charge in [0.15, 0.2) is 0 Å². The molecule has 1 saturated heterocycles. The van der Waals surface area contributed by atoms with Crippen LogP contribution >= 0.6 is 11.6 Å². The summed E-state index contributed by atoms with van der Waals surface area (Å²) >= 11 is 6.19. The number of sulfone groups is 1. The highest BCUT2D eigenvalue weighted by atomic mass is 35.5. The van der Waals surface area contributed by atoms with E-state index in [1.165, 1.54) is 11.2 Å². The molecule has 0 unspecified atom stereocenters. The number of nitrogens with zero attached hydrogens (tertiary/aromatic N) is 3. The van der Waals surface area contributed by atoms with Gasteiger partial charge in [0, 0.05) is 53.2 Å². The molecule has 1 aromatic heterocycles. The highest BCUT2D eigenvalue weighted by Crippen LogP contribution is 2.48. The molecule has 36 heavy (non-hydrogen) atoms. The normalized spacial score (nSPS) is 17.7. The average molecular weight is 540 g/mol. The lowest BCUT2D eigenvalue weighted by atomic mass is 9.74. The van der Waals surface area contributed by atoms with E-state index in [0.29, 0.717) is 23.7 Å². The van der Waals surface area contributed by atoms with Crippen molar-refractivity contribution in [2.45, 2.75) is 31.1 Å². The number of carbonyl (C=O) groups is 1. The van der Waals surface area contributed by atoms with E-state index in [4.69, 9.17) is 11.6 Å². The molecule has 3 aromatic rings. The fourth-order valence-electron chi connectivity index (χ4n) is 5.48. The molecular formula is C25H25ClF3N3O3S. The third kappa shape index (κ3) is 4.62. The molecular weight excluding hydrogens is 515 g/mol. The molecule has 2 aliphatic rings. The molecule has 0 bridgehead atoms. The van der Waals surface area contributed by atoms with Crippen molar-refractivity contribution in [1.82, 2.24) is 9.47 Å². The number of likely N-dealkylation sites (tertiary alicyclic amines) is 1. The first kappa shape index (κ1) is 25.1. The summed E-state index contributed by atoms with van der Waals surface area (Å²) in [6.07, 6.45) is -2.73. The fraction of sp³-hybridized carbons (Fsp3) is 0.400. The van der Waals surface area contributed by atoms with E-state index < -0.39 is 28.0 Å². The lowest BCUT2D eigenvalue weighted by molar-refractivity contribution is -0.165. The first-order valence-electron chi connectivity index (χ1n) is 11.5. The predicted octanol–water partition coefficient (Wildman–Crippen LogP) is 4.39. The zero-order chi connectivity index (χ0) is 25.9. The van der Waals surface area contributed by atoms with Gasteiger partial charge >= 0.3 is 6.18 Å². The van der Waals surface area contributed by atoms with Crippen LogP contribution in [0.5, 0.6) is 0 Å². The van der Waals surface area contributed by atoms with Gasteiger partial charge in [-0.25, -0.2) is 8.42 Å². The zero-order valence-electron chi connectivity index (χ0n) is 19.6. The Morgan fingerprint density at radius 1 is 1.08 bits per heavy atom. The first-order valence-corrected chi connectivity index (χ1v) is 14.0. The molecule has 1 fully saturated rings. The lowest BCUT2D eigenvalue weighted by Crippen LogP contribution is -2.65. The van der Waals surface area contributed by atoms with E-state index >= 15 is 0 Å². The molecule has 3 heterocycles. The number of fused-ring (bicyclic) bond motifs is 3. The number of halogens is 4. The van der Waals surface area contributed by atoms with Crippen molar-refractivity contribution in [3.8, 4) is 0 Å². The highest BCUT2D eigenvalue weighted by molar-refractivity contribution is 7.90. The van der Waals surface area contributed by atoms with Gasteiger partial charge in [-0.05, 0) is 42.3 Å². The standard InChI is InChI=1S/C25H25ClF3N3O3S/c1-36(34,35)10-4-9-31-19(12-17-11-18(26)7-8-21(17)31)13-32-22-6-3-2-5-20(22)24(23(32)33)14-30(15-24)16-25(27,28)29/h2-3,5-8,11-12H,4,9-10,13-16H2,1H3. The lowest BCUT2D eigenvalue weighted by Gasteiger charge is -2.47. The number of hydrogen-bond donors (Lipinski definition) is 0. The minimum atomic E-state index is -4.32. The molecule has 0 atom stereocenters. The van der Waals surface area contributed by atoms with Crippen molar-refractivity contribution in [1.29, 1.82) is 0 Å². The number of amides is 1. The van der Waals surface area contributed by atoms with E-state index in [9.17, 15) is 26.4 Å². The maximum atomic E-state index is 13.7. The molecule has 5 rings (SSSR count). The number of aryl methyl sites for hydroxylation is 1. The molecule has 0 radical (unpaired) electrons. The van der Waals surface area contributed by atoms with E-state index in [1.807, 2.05) is 41.0 Å². The molecule has 192 valence electrons. The summed E-state index contributed by atoms with van der Waals surface area (Å²) in [6.45, 7) is -0.360. The van der Waals surface area contributed by atoms with Gasteiger partial charge in [-0.15, -0.1) is 0 Å². The number of alkyl halides is 3. The second kappa shape index (κ2) is 8.78. The summed E-state index contributed by atoms with van der Waals surface area (Å²) in [5.41, 5.74) is 2.12. The van der Waals surface area contributed by atoms with Gasteiger partial charge < -0.3 is 9.47 Å². The molecule has 6 nitrogen and oxygen atoms in total. The Kier molecular flexibility index (Phi) is 6.12. The van der Waals surface area contributed by atoms with Crippen LogP contribution in [0.3, 0.4) is 0 Å². The number of hydrogen-bond acceptors (Lipinski definition) is 4. The molecule has 1 amide bonds. The Labute approximate surface area is 212 Å². The topological polar surface area (TPSA) is 62.6 Å². The summed E-state index contributed by atoms with van der Waals surface area (Å²) in [5, 5.41) is 1.43. The summed E-state index contributed by atoms with van der Waals surface area (Å²) in [5.74, 6) is -0.184. The Bertz CT molecular complexity index is 1450. The Hall–Kier alpha value is -2.56. The number of rotatable bonds is 7. The highest BCUT2D eigenvalue weighted by Gasteiger charge is 2.59. The fourth-order valence-corrected chi connectivity index (χ4v) is 6.32. The van der Waals surface area contributed by atoms with Crippen LogP contribution in [0.1, 0.15) is 17.7 Å². The van der Waals surface area contributed by atoms with E-state index in [-0.39, 0.29) is 31.3 Å². The van der Waals surface area contributed by atoms with Crippen molar-refractivity contribution >= 4 is 43.9 Å². The monoisotopic (exact) mass is 539 g/mol. The first-order chi connectivity index (χ1) is 16.9. The van der Waals surface area contributed by atoms with Crippen LogP contribution in [0.15, 0.2) is 48.5 Å². The average Bonchev–Trinajstić information content (AvgIpc) is 3.20. The van der Waals surface area contributed by atoms with Crippen molar-refractivity contribution in [2.24, 2.45) is 0 Å².